The molecule has 35 heavy (non-hydrogen) atoms. The molecule has 1 N–H and O–H groups in total. The van der Waals surface area contributed by atoms with Gasteiger partial charge in [-0.25, -0.2) is 4.98 Å². The van der Waals surface area contributed by atoms with Gasteiger partial charge >= 0.3 is 0 Å². The molecule has 2 amide bonds. The molecule has 2 heterocycles. The number of amides is 2. The lowest BCUT2D eigenvalue weighted by molar-refractivity contribution is -0.138. The molecule has 0 spiro atoms. The topological polar surface area (TPSA) is 92.2 Å². The van der Waals surface area contributed by atoms with Gasteiger partial charge in [-0.1, -0.05) is 25.5 Å². The maximum atomic E-state index is 13.6. The van der Waals surface area contributed by atoms with Crippen molar-refractivity contribution in [3.05, 3.63) is 42.1 Å². The van der Waals surface area contributed by atoms with E-state index in [1.54, 1.807) is 29.2 Å². The summed E-state index contributed by atoms with van der Waals surface area (Å²) in [6.07, 6.45) is 4.34. The molecule has 188 valence electrons. The Balaban J connectivity index is 1.67. The normalized spacial score (nSPS) is 21.2. The van der Waals surface area contributed by atoms with Crippen LogP contribution in [0.3, 0.4) is 0 Å². The molecule has 0 saturated heterocycles. The van der Waals surface area contributed by atoms with E-state index in [9.17, 15) is 14.7 Å². The largest absolute Gasteiger partial charge is 0.497 e. The van der Waals surface area contributed by atoms with E-state index in [4.69, 9.17) is 9.47 Å². The van der Waals surface area contributed by atoms with Crippen LogP contribution >= 0.6 is 0 Å². The van der Waals surface area contributed by atoms with Crippen LogP contribution in [0.2, 0.25) is 0 Å². The molecule has 0 radical (unpaired) electrons. The Morgan fingerprint density at radius 2 is 2.00 bits per heavy atom. The maximum absolute atomic E-state index is 13.6. The number of carbonyl (C=O) groups is 2. The number of hydrogen-bond acceptors (Lipinski definition) is 6. The molecule has 1 aliphatic heterocycles. The lowest BCUT2D eigenvalue weighted by atomic mass is 9.84. The molecular formula is C27H35N3O5. The van der Waals surface area contributed by atoms with Gasteiger partial charge in [-0.15, -0.1) is 0 Å². The molecule has 1 aliphatic carbocycles. The molecule has 0 bridgehead atoms. The van der Waals surface area contributed by atoms with Gasteiger partial charge in [-0.2, -0.15) is 0 Å². The van der Waals surface area contributed by atoms with Crippen molar-refractivity contribution < 1.29 is 24.2 Å². The number of hydrogen-bond donors (Lipinski definition) is 1. The highest BCUT2D eigenvalue weighted by atomic mass is 16.5. The van der Waals surface area contributed by atoms with Crippen LogP contribution in [0.1, 0.15) is 43.5 Å². The highest BCUT2D eigenvalue weighted by Crippen LogP contribution is 2.32. The number of aliphatic hydroxyl groups excluding tert-OH is 1. The Hall–Kier alpha value is -3.13. The molecule has 1 aromatic carbocycles. The van der Waals surface area contributed by atoms with Gasteiger partial charge in [0.1, 0.15) is 17.4 Å². The fraction of sp³-hybridized carbons (Fsp3) is 0.519. The number of rotatable bonds is 7. The Labute approximate surface area is 206 Å². The molecule has 4 rings (SSSR count). The second-order valence-electron chi connectivity index (χ2n) is 9.77. The first kappa shape index (κ1) is 25.0. The van der Waals surface area contributed by atoms with Crippen molar-refractivity contribution in [3.63, 3.8) is 0 Å². The summed E-state index contributed by atoms with van der Waals surface area (Å²) in [6.45, 7) is 4.50. The fourth-order valence-corrected chi connectivity index (χ4v) is 4.59. The number of ether oxygens (including phenoxy) is 2. The summed E-state index contributed by atoms with van der Waals surface area (Å²) in [7, 11) is 3.43. The SMILES string of the molecule is COc1ccc(-c2cnc3c(c2)C(=O)N([C@@H](C)CO)C[C@H](C)[C@H](CN(C)C(=O)C2CCC2)O3)cc1. The molecular weight excluding hydrogens is 446 g/mol. The lowest BCUT2D eigenvalue weighted by Crippen LogP contribution is -2.51. The smallest absolute Gasteiger partial charge is 0.259 e. The van der Waals surface area contributed by atoms with Crippen LogP contribution in [0.25, 0.3) is 11.1 Å². The van der Waals surface area contributed by atoms with Gasteiger partial charge in [0.25, 0.3) is 5.91 Å². The van der Waals surface area contributed by atoms with Crippen LogP contribution in [0.4, 0.5) is 0 Å². The predicted octanol–water partition coefficient (Wildman–Crippen LogP) is 3.24. The zero-order chi connectivity index (χ0) is 25.1. The van der Waals surface area contributed by atoms with Gasteiger partial charge < -0.3 is 24.4 Å². The standard InChI is InChI=1S/C27H35N3O5/c1-17-14-30(18(2)16-31)27(33)23-12-21(19-8-10-22(34-4)11-9-19)13-28-25(23)35-24(17)15-29(3)26(32)20-6-5-7-20/h8-13,17-18,20,24,31H,5-7,14-16H2,1-4H3/t17-,18-,24-/m0/s1. The minimum atomic E-state index is -0.365. The second kappa shape index (κ2) is 10.6. The number of benzene rings is 1. The summed E-state index contributed by atoms with van der Waals surface area (Å²) in [5.74, 6) is 0.952. The molecule has 2 aliphatic rings. The third-order valence-corrected chi connectivity index (χ3v) is 7.23. The van der Waals surface area contributed by atoms with E-state index in [0.29, 0.717) is 18.7 Å². The number of likely N-dealkylation sites (N-methyl/N-ethyl adjacent to an activating group) is 1. The van der Waals surface area contributed by atoms with Crippen molar-refractivity contribution in [2.45, 2.75) is 45.3 Å². The molecule has 0 unspecified atom stereocenters. The number of carbonyl (C=O) groups excluding carboxylic acids is 2. The van der Waals surface area contributed by atoms with E-state index in [0.717, 1.165) is 36.1 Å². The third kappa shape index (κ3) is 5.27. The van der Waals surface area contributed by atoms with Crippen LogP contribution in [0.5, 0.6) is 11.6 Å². The zero-order valence-electron chi connectivity index (χ0n) is 20.9. The number of nitrogens with zero attached hydrogens (tertiary/aromatic N) is 3. The van der Waals surface area contributed by atoms with Gasteiger partial charge in [0, 0.05) is 37.2 Å². The average molecular weight is 482 g/mol. The Kier molecular flexibility index (Phi) is 7.60. The monoisotopic (exact) mass is 481 g/mol. The van der Waals surface area contributed by atoms with E-state index in [-0.39, 0.29) is 48.3 Å². The number of methoxy groups -OCH3 is 1. The maximum Gasteiger partial charge on any atom is 0.259 e. The molecule has 2 aromatic rings. The van der Waals surface area contributed by atoms with Gasteiger partial charge in [0.15, 0.2) is 0 Å². The Bertz CT molecular complexity index is 1050. The molecule has 8 heteroatoms. The number of aliphatic hydroxyl groups is 1. The molecule has 3 atom stereocenters. The van der Waals surface area contributed by atoms with Gasteiger partial charge in [0.05, 0.1) is 26.3 Å². The summed E-state index contributed by atoms with van der Waals surface area (Å²) >= 11 is 0. The van der Waals surface area contributed by atoms with Crippen LogP contribution in [0.15, 0.2) is 36.5 Å². The van der Waals surface area contributed by atoms with Crippen LogP contribution in [-0.4, -0.2) is 77.7 Å². The molecule has 8 nitrogen and oxygen atoms in total. The summed E-state index contributed by atoms with van der Waals surface area (Å²) in [5, 5.41) is 9.86. The van der Waals surface area contributed by atoms with Crippen molar-refractivity contribution in [2.24, 2.45) is 11.8 Å². The second-order valence-corrected chi connectivity index (χ2v) is 9.77. The van der Waals surface area contributed by atoms with Crippen molar-refractivity contribution in [3.8, 4) is 22.8 Å². The van der Waals surface area contributed by atoms with E-state index < -0.39 is 0 Å². The van der Waals surface area contributed by atoms with Crippen LogP contribution in [0, 0.1) is 11.8 Å². The first-order valence-corrected chi connectivity index (χ1v) is 12.3. The third-order valence-electron chi connectivity index (χ3n) is 7.23. The molecule has 1 aromatic heterocycles. The summed E-state index contributed by atoms with van der Waals surface area (Å²) < 4.78 is 11.6. The minimum Gasteiger partial charge on any atom is -0.497 e. The van der Waals surface area contributed by atoms with Gasteiger partial charge in [0.2, 0.25) is 11.8 Å². The fourth-order valence-electron chi connectivity index (χ4n) is 4.59. The zero-order valence-corrected chi connectivity index (χ0v) is 20.9. The molecule has 1 saturated carbocycles. The predicted molar refractivity (Wildman–Crippen MR) is 132 cm³/mol. The van der Waals surface area contributed by atoms with Crippen LogP contribution < -0.4 is 9.47 Å². The van der Waals surface area contributed by atoms with E-state index in [1.165, 1.54) is 0 Å². The van der Waals surface area contributed by atoms with E-state index in [1.807, 2.05) is 45.2 Å². The Morgan fingerprint density at radius 1 is 1.29 bits per heavy atom. The van der Waals surface area contributed by atoms with Gasteiger partial charge in [-0.05, 0) is 43.5 Å². The van der Waals surface area contributed by atoms with E-state index >= 15 is 0 Å². The van der Waals surface area contributed by atoms with Crippen LogP contribution in [-0.2, 0) is 4.79 Å². The first-order valence-electron chi connectivity index (χ1n) is 12.3. The average Bonchev–Trinajstić information content (AvgIpc) is 2.84. The lowest BCUT2D eigenvalue weighted by Gasteiger charge is -2.38. The first-order chi connectivity index (χ1) is 16.8. The molecule has 1 fully saturated rings. The summed E-state index contributed by atoms with van der Waals surface area (Å²) in [6, 6.07) is 8.97. The number of pyridine rings is 1. The van der Waals surface area contributed by atoms with Crippen molar-refractivity contribution in [1.82, 2.24) is 14.8 Å². The number of fused-ring (bicyclic) bond motifs is 1. The van der Waals surface area contributed by atoms with E-state index in [2.05, 4.69) is 4.98 Å². The summed E-state index contributed by atoms with van der Waals surface area (Å²) in [5.41, 5.74) is 2.03. The van der Waals surface area contributed by atoms with Crippen molar-refractivity contribution in [1.29, 1.82) is 0 Å². The quantitative estimate of drug-likeness (QED) is 0.653. The highest BCUT2D eigenvalue weighted by Gasteiger charge is 2.36. The van der Waals surface area contributed by atoms with Gasteiger partial charge in [-0.3, -0.25) is 9.59 Å². The van der Waals surface area contributed by atoms with Crippen molar-refractivity contribution >= 4 is 11.8 Å². The number of aromatic nitrogens is 1. The minimum absolute atomic E-state index is 0.0687. The Morgan fingerprint density at radius 3 is 2.60 bits per heavy atom. The van der Waals surface area contributed by atoms with Crippen molar-refractivity contribution in [2.75, 3.05) is 33.9 Å². The summed E-state index contributed by atoms with van der Waals surface area (Å²) in [4.78, 5) is 34.4. The highest BCUT2D eigenvalue weighted by molar-refractivity contribution is 5.98.